The summed E-state index contributed by atoms with van der Waals surface area (Å²) < 4.78 is 5.66. The van der Waals surface area contributed by atoms with Crippen LogP contribution in [0.4, 0.5) is 0 Å². The molecule has 2 aromatic carbocycles. The number of amides is 2. The van der Waals surface area contributed by atoms with Gasteiger partial charge in [-0.05, 0) is 61.7 Å². The van der Waals surface area contributed by atoms with E-state index in [0.717, 1.165) is 12.0 Å². The highest BCUT2D eigenvalue weighted by atomic mass is 35.5. The number of halogens is 2. The molecule has 0 saturated heterocycles. The van der Waals surface area contributed by atoms with Crippen molar-refractivity contribution in [3.8, 4) is 5.75 Å². The van der Waals surface area contributed by atoms with Crippen LogP contribution in [0.25, 0.3) is 0 Å². The summed E-state index contributed by atoms with van der Waals surface area (Å²) in [5.74, 6) is 0.456. The first-order chi connectivity index (χ1) is 14.4. The average molecular weight is 451 g/mol. The normalized spacial score (nSPS) is 11.6. The number of nitrogens with one attached hydrogen (secondary N) is 1. The lowest BCUT2D eigenvalue weighted by Gasteiger charge is -2.29. The first-order valence-corrected chi connectivity index (χ1v) is 10.9. The van der Waals surface area contributed by atoms with Crippen LogP contribution in [0.15, 0.2) is 48.5 Å². The van der Waals surface area contributed by atoms with E-state index in [1.807, 2.05) is 19.1 Å². The first kappa shape index (κ1) is 24.0. The maximum absolute atomic E-state index is 12.9. The predicted octanol–water partition coefficient (Wildman–Crippen LogP) is 5.10. The van der Waals surface area contributed by atoms with Gasteiger partial charge < -0.3 is 15.0 Å². The van der Waals surface area contributed by atoms with Crippen LogP contribution in [0.1, 0.15) is 38.7 Å². The minimum absolute atomic E-state index is 0.0937. The summed E-state index contributed by atoms with van der Waals surface area (Å²) in [5.41, 5.74) is 0.917. The van der Waals surface area contributed by atoms with E-state index in [1.54, 1.807) is 48.2 Å². The van der Waals surface area contributed by atoms with Gasteiger partial charge in [0, 0.05) is 29.6 Å². The number of ether oxygens (including phenoxy) is 1. The van der Waals surface area contributed by atoms with E-state index in [-0.39, 0.29) is 18.2 Å². The van der Waals surface area contributed by atoms with Crippen molar-refractivity contribution in [3.05, 3.63) is 64.1 Å². The van der Waals surface area contributed by atoms with E-state index in [9.17, 15) is 9.59 Å². The lowest BCUT2D eigenvalue weighted by atomic mass is 10.1. The first-order valence-electron chi connectivity index (χ1n) is 10.1. The lowest BCUT2D eigenvalue weighted by molar-refractivity contribution is -0.140. The van der Waals surface area contributed by atoms with Gasteiger partial charge in [-0.15, -0.1) is 0 Å². The molecule has 5 nitrogen and oxygen atoms in total. The predicted molar refractivity (Wildman–Crippen MR) is 121 cm³/mol. The SMILES string of the molecule is CCCNC(=O)[C@H](C)N(Cc1ccc(Cl)cc1)C(=O)CCCOc1ccc(Cl)cc1. The van der Waals surface area contributed by atoms with Gasteiger partial charge in [0.1, 0.15) is 11.8 Å². The zero-order chi connectivity index (χ0) is 21.9. The van der Waals surface area contributed by atoms with Crippen LogP contribution in [-0.2, 0) is 16.1 Å². The van der Waals surface area contributed by atoms with Crippen molar-refractivity contribution in [1.82, 2.24) is 10.2 Å². The van der Waals surface area contributed by atoms with Gasteiger partial charge in [0.25, 0.3) is 0 Å². The van der Waals surface area contributed by atoms with Crippen molar-refractivity contribution in [2.75, 3.05) is 13.2 Å². The summed E-state index contributed by atoms with van der Waals surface area (Å²) in [4.78, 5) is 27.0. The highest BCUT2D eigenvalue weighted by molar-refractivity contribution is 6.30. The Morgan fingerprint density at radius 3 is 2.23 bits per heavy atom. The number of rotatable bonds is 11. The molecule has 7 heteroatoms. The molecule has 0 fully saturated rings. The van der Waals surface area contributed by atoms with Gasteiger partial charge in [0.15, 0.2) is 0 Å². The summed E-state index contributed by atoms with van der Waals surface area (Å²) >= 11 is 11.8. The molecule has 0 aliphatic heterocycles. The van der Waals surface area contributed by atoms with E-state index >= 15 is 0 Å². The Hall–Kier alpha value is -2.24. The Morgan fingerprint density at radius 1 is 1.03 bits per heavy atom. The van der Waals surface area contributed by atoms with Crippen molar-refractivity contribution in [1.29, 1.82) is 0 Å². The van der Waals surface area contributed by atoms with Gasteiger partial charge in [-0.1, -0.05) is 42.3 Å². The zero-order valence-electron chi connectivity index (χ0n) is 17.4. The maximum Gasteiger partial charge on any atom is 0.242 e. The third kappa shape index (κ3) is 7.88. The second-order valence-electron chi connectivity index (χ2n) is 7.02. The number of carbonyl (C=O) groups is 2. The molecule has 0 unspecified atom stereocenters. The lowest BCUT2D eigenvalue weighted by Crippen LogP contribution is -2.47. The third-order valence-electron chi connectivity index (χ3n) is 4.60. The van der Waals surface area contributed by atoms with Crippen LogP contribution in [-0.4, -0.2) is 35.9 Å². The Morgan fingerprint density at radius 2 is 1.63 bits per heavy atom. The number of hydrogen-bond donors (Lipinski definition) is 1. The van der Waals surface area contributed by atoms with E-state index in [1.165, 1.54) is 0 Å². The summed E-state index contributed by atoms with van der Waals surface area (Å²) in [6.45, 7) is 5.07. The molecule has 0 radical (unpaired) electrons. The molecule has 0 aliphatic rings. The van der Waals surface area contributed by atoms with Gasteiger partial charge in [0.2, 0.25) is 11.8 Å². The molecular formula is C23H28Cl2N2O3. The molecule has 0 aromatic heterocycles. The second kappa shape index (κ2) is 12.5. The smallest absolute Gasteiger partial charge is 0.242 e. The van der Waals surface area contributed by atoms with Gasteiger partial charge in [-0.25, -0.2) is 0 Å². The fourth-order valence-corrected chi connectivity index (χ4v) is 3.10. The van der Waals surface area contributed by atoms with Crippen LogP contribution >= 0.6 is 23.2 Å². The molecular weight excluding hydrogens is 423 g/mol. The monoisotopic (exact) mass is 450 g/mol. The number of nitrogens with zero attached hydrogens (tertiary/aromatic N) is 1. The van der Waals surface area contributed by atoms with Crippen LogP contribution in [0.3, 0.4) is 0 Å². The summed E-state index contributed by atoms with van der Waals surface area (Å²) in [5, 5.41) is 4.14. The van der Waals surface area contributed by atoms with E-state index in [0.29, 0.717) is 41.9 Å². The highest BCUT2D eigenvalue weighted by Gasteiger charge is 2.25. The quantitative estimate of drug-likeness (QED) is 0.484. The Bertz CT molecular complexity index is 810. The van der Waals surface area contributed by atoms with E-state index in [2.05, 4.69) is 5.32 Å². The van der Waals surface area contributed by atoms with Crippen LogP contribution < -0.4 is 10.1 Å². The minimum atomic E-state index is -0.572. The van der Waals surface area contributed by atoms with Gasteiger partial charge in [-0.3, -0.25) is 9.59 Å². The summed E-state index contributed by atoms with van der Waals surface area (Å²) in [6.07, 6.45) is 1.67. The van der Waals surface area contributed by atoms with E-state index < -0.39 is 6.04 Å². The molecule has 0 aliphatic carbocycles. The average Bonchev–Trinajstić information content (AvgIpc) is 2.75. The molecule has 0 saturated carbocycles. The molecule has 0 spiro atoms. The summed E-state index contributed by atoms with van der Waals surface area (Å²) in [6, 6.07) is 13.8. The van der Waals surface area contributed by atoms with Crippen molar-refractivity contribution in [2.24, 2.45) is 0 Å². The topological polar surface area (TPSA) is 58.6 Å². The molecule has 0 heterocycles. The van der Waals surface area contributed by atoms with Gasteiger partial charge in [0.05, 0.1) is 6.61 Å². The molecule has 2 aromatic rings. The molecule has 162 valence electrons. The number of carbonyl (C=O) groups excluding carboxylic acids is 2. The summed E-state index contributed by atoms with van der Waals surface area (Å²) in [7, 11) is 0. The Kier molecular flexibility index (Phi) is 9.98. The number of hydrogen-bond acceptors (Lipinski definition) is 3. The zero-order valence-corrected chi connectivity index (χ0v) is 18.9. The Labute approximate surface area is 188 Å². The van der Waals surface area contributed by atoms with Gasteiger partial charge >= 0.3 is 0 Å². The van der Waals surface area contributed by atoms with Crippen molar-refractivity contribution < 1.29 is 14.3 Å². The van der Waals surface area contributed by atoms with Crippen molar-refractivity contribution >= 4 is 35.0 Å². The molecule has 2 rings (SSSR count). The molecule has 1 atom stereocenters. The fraction of sp³-hybridized carbons (Fsp3) is 0.391. The van der Waals surface area contributed by atoms with Crippen LogP contribution in [0, 0.1) is 0 Å². The van der Waals surface area contributed by atoms with Crippen molar-refractivity contribution in [3.63, 3.8) is 0 Å². The van der Waals surface area contributed by atoms with Crippen molar-refractivity contribution in [2.45, 2.75) is 45.7 Å². The number of benzene rings is 2. The van der Waals surface area contributed by atoms with Gasteiger partial charge in [-0.2, -0.15) is 0 Å². The molecule has 0 bridgehead atoms. The van der Waals surface area contributed by atoms with Crippen LogP contribution in [0.2, 0.25) is 10.0 Å². The van der Waals surface area contributed by atoms with Crippen LogP contribution in [0.5, 0.6) is 5.75 Å². The molecule has 1 N–H and O–H groups in total. The second-order valence-corrected chi connectivity index (χ2v) is 7.89. The fourth-order valence-electron chi connectivity index (χ4n) is 2.85. The minimum Gasteiger partial charge on any atom is -0.494 e. The molecule has 30 heavy (non-hydrogen) atoms. The van der Waals surface area contributed by atoms with E-state index in [4.69, 9.17) is 27.9 Å². The third-order valence-corrected chi connectivity index (χ3v) is 5.10. The largest absolute Gasteiger partial charge is 0.494 e. The molecule has 2 amide bonds. The standard InChI is InChI=1S/C23H28Cl2N2O3/c1-3-14-26-23(29)17(2)27(16-18-6-8-19(24)9-7-18)22(28)5-4-15-30-21-12-10-20(25)11-13-21/h6-13,17H,3-5,14-16H2,1-2H3,(H,26,29)/t17-/m0/s1. The Balaban J connectivity index is 1.96. The highest BCUT2D eigenvalue weighted by Crippen LogP contribution is 2.17. The maximum atomic E-state index is 12.9.